The molecule has 0 aliphatic rings. The molecule has 0 aliphatic heterocycles. The van der Waals surface area contributed by atoms with Crippen LogP contribution < -0.4 is 0 Å². The Balaban J connectivity index is 4.22. The molecule has 0 aliphatic carbocycles. The Hall–Kier alpha value is -1.59. The van der Waals surface area contributed by atoms with Crippen molar-refractivity contribution in [3.05, 3.63) is 0 Å². The van der Waals surface area contributed by atoms with Crippen LogP contribution in [0.15, 0.2) is 0 Å². The summed E-state index contributed by atoms with van der Waals surface area (Å²) >= 11 is 0. The van der Waals surface area contributed by atoms with E-state index in [1.807, 2.05) is 0 Å². The Morgan fingerprint density at radius 1 is 0.322 bits per heavy atom. The third kappa shape index (κ3) is 47.3. The largest absolute Gasteiger partial charge is 0.462 e. The van der Waals surface area contributed by atoms with Crippen molar-refractivity contribution in [1.82, 2.24) is 0 Å². The number of carbonyl (C=O) groups is 3. The highest BCUT2D eigenvalue weighted by molar-refractivity contribution is 5.71. The molecule has 6 heteroatoms. The van der Waals surface area contributed by atoms with Gasteiger partial charge in [0, 0.05) is 19.3 Å². The second-order valence-corrected chi connectivity index (χ2v) is 19.1. The predicted octanol–water partition coefficient (Wildman–Crippen LogP) is 16.9. The Labute approximate surface area is 368 Å². The van der Waals surface area contributed by atoms with E-state index in [1.165, 1.54) is 180 Å². The monoisotopic (exact) mass is 835 g/mol. The van der Waals surface area contributed by atoms with E-state index < -0.39 is 6.10 Å². The number of esters is 3. The summed E-state index contributed by atoms with van der Waals surface area (Å²) in [5.74, 6) is 0.819. The number of unbranched alkanes of at least 4 members (excludes halogenated alkanes) is 32. The summed E-state index contributed by atoms with van der Waals surface area (Å²) < 4.78 is 16.8. The molecule has 350 valence electrons. The van der Waals surface area contributed by atoms with Gasteiger partial charge in [0.15, 0.2) is 6.10 Å². The Bertz CT molecular complexity index is 900. The summed E-state index contributed by atoms with van der Waals surface area (Å²) in [6.45, 7) is 11.4. The number of carbonyl (C=O) groups excluding carboxylic acids is 3. The van der Waals surface area contributed by atoms with Gasteiger partial charge in [-0.1, -0.05) is 253 Å². The number of hydrogen-bond donors (Lipinski definition) is 0. The van der Waals surface area contributed by atoms with Gasteiger partial charge in [0.25, 0.3) is 0 Å². The van der Waals surface area contributed by atoms with Gasteiger partial charge in [0.1, 0.15) is 13.2 Å². The highest BCUT2D eigenvalue weighted by Gasteiger charge is 2.19. The first kappa shape index (κ1) is 57.4. The van der Waals surface area contributed by atoms with Gasteiger partial charge in [-0.25, -0.2) is 0 Å². The number of ether oxygens (including phenoxy) is 3. The van der Waals surface area contributed by atoms with Crippen LogP contribution in [-0.4, -0.2) is 37.2 Å². The minimum atomic E-state index is -0.761. The zero-order valence-electron chi connectivity index (χ0n) is 40.4. The van der Waals surface area contributed by atoms with E-state index in [2.05, 4.69) is 34.6 Å². The molecule has 0 saturated carbocycles. The average Bonchev–Trinajstić information content (AvgIpc) is 3.20. The van der Waals surface area contributed by atoms with Crippen LogP contribution >= 0.6 is 0 Å². The summed E-state index contributed by atoms with van der Waals surface area (Å²) in [5, 5.41) is 0. The molecule has 0 aromatic carbocycles. The van der Waals surface area contributed by atoms with Crippen LogP contribution in [0.4, 0.5) is 0 Å². The van der Waals surface area contributed by atoms with Gasteiger partial charge in [-0.3, -0.25) is 14.4 Å². The maximum atomic E-state index is 12.8. The fraction of sp³-hybridized carbons (Fsp3) is 0.943. The maximum absolute atomic E-state index is 12.8. The van der Waals surface area contributed by atoms with Gasteiger partial charge in [0.05, 0.1) is 0 Å². The number of hydrogen-bond acceptors (Lipinski definition) is 6. The van der Waals surface area contributed by atoms with Crippen LogP contribution in [0.1, 0.15) is 291 Å². The highest BCUT2D eigenvalue weighted by Crippen LogP contribution is 2.17. The van der Waals surface area contributed by atoms with Crippen molar-refractivity contribution in [2.24, 2.45) is 11.8 Å². The fourth-order valence-corrected chi connectivity index (χ4v) is 7.99. The van der Waals surface area contributed by atoms with E-state index >= 15 is 0 Å². The normalized spacial score (nSPS) is 12.1. The van der Waals surface area contributed by atoms with E-state index in [4.69, 9.17) is 14.2 Å². The molecule has 0 amide bonds. The first-order valence-electron chi connectivity index (χ1n) is 26.2. The smallest absolute Gasteiger partial charge is 0.306 e. The average molecular weight is 835 g/mol. The molecule has 0 aromatic heterocycles. The van der Waals surface area contributed by atoms with E-state index in [-0.39, 0.29) is 31.1 Å². The molecule has 0 saturated heterocycles. The molecular formula is C53H102O6. The van der Waals surface area contributed by atoms with E-state index in [0.717, 1.165) is 69.6 Å². The molecule has 0 heterocycles. The summed E-state index contributed by atoms with van der Waals surface area (Å²) in [4.78, 5) is 37.9. The molecule has 0 spiro atoms. The maximum Gasteiger partial charge on any atom is 0.306 e. The summed E-state index contributed by atoms with van der Waals surface area (Å²) in [6, 6.07) is 0. The zero-order valence-corrected chi connectivity index (χ0v) is 40.4. The fourth-order valence-electron chi connectivity index (χ4n) is 7.99. The van der Waals surface area contributed by atoms with Crippen molar-refractivity contribution in [2.75, 3.05) is 13.2 Å². The van der Waals surface area contributed by atoms with E-state index in [9.17, 15) is 14.4 Å². The molecule has 59 heavy (non-hydrogen) atoms. The molecule has 0 aromatic rings. The zero-order chi connectivity index (χ0) is 43.3. The Morgan fingerprint density at radius 2 is 0.559 bits per heavy atom. The lowest BCUT2D eigenvalue weighted by Crippen LogP contribution is -2.30. The van der Waals surface area contributed by atoms with Gasteiger partial charge in [-0.2, -0.15) is 0 Å². The van der Waals surface area contributed by atoms with Crippen LogP contribution in [0.3, 0.4) is 0 Å². The number of rotatable bonds is 47. The predicted molar refractivity (Wildman–Crippen MR) is 252 cm³/mol. The van der Waals surface area contributed by atoms with Crippen LogP contribution in [-0.2, 0) is 28.6 Å². The lowest BCUT2D eigenvalue weighted by Gasteiger charge is -2.18. The Kier molecular flexibility index (Phi) is 44.7. The Morgan fingerprint density at radius 3 is 0.831 bits per heavy atom. The highest BCUT2D eigenvalue weighted by atomic mass is 16.6. The summed E-state index contributed by atoms with van der Waals surface area (Å²) in [5.41, 5.74) is 0. The SMILES string of the molecule is CCCCCCCCCCCC(=O)OC[C@H](COC(=O)CCCCCCCCCCCCCCCCCCC(C)C)OC(=O)CCCCCCCCCCCCC(C)C. The molecular weight excluding hydrogens is 733 g/mol. The van der Waals surface area contributed by atoms with Crippen LogP contribution in [0, 0.1) is 11.8 Å². The second-order valence-electron chi connectivity index (χ2n) is 19.1. The van der Waals surface area contributed by atoms with Gasteiger partial charge in [0.2, 0.25) is 0 Å². The van der Waals surface area contributed by atoms with Crippen molar-refractivity contribution < 1.29 is 28.6 Å². The first-order chi connectivity index (χ1) is 28.7. The standard InChI is InChI=1S/C53H102O6/c1-6-7-8-9-10-21-28-33-38-43-51(54)57-46-50(59-53(56)45-40-35-30-25-20-19-23-27-32-37-42-49(4)5)47-58-52(55)44-39-34-29-24-18-16-14-12-11-13-15-17-22-26-31-36-41-48(2)3/h48-50H,6-47H2,1-5H3/t50-/m1/s1. The minimum Gasteiger partial charge on any atom is -0.462 e. The summed E-state index contributed by atoms with van der Waals surface area (Å²) in [6.07, 6.45) is 46.7. The van der Waals surface area contributed by atoms with Crippen molar-refractivity contribution >= 4 is 17.9 Å². The van der Waals surface area contributed by atoms with Crippen molar-refractivity contribution in [3.8, 4) is 0 Å². The molecule has 1 atom stereocenters. The van der Waals surface area contributed by atoms with Gasteiger partial charge < -0.3 is 14.2 Å². The van der Waals surface area contributed by atoms with Crippen molar-refractivity contribution in [1.29, 1.82) is 0 Å². The molecule has 0 unspecified atom stereocenters. The van der Waals surface area contributed by atoms with Crippen molar-refractivity contribution in [2.45, 2.75) is 298 Å². The van der Waals surface area contributed by atoms with Crippen LogP contribution in [0.2, 0.25) is 0 Å². The third-order valence-corrected chi connectivity index (χ3v) is 12.0. The molecule has 0 bridgehead atoms. The van der Waals surface area contributed by atoms with Gasteiger partial charge in [-0.15, -0.1) is 0 Å². The van der Waals surface area contributed by atoms with E-state index in [1.54, 1.807) is 0 Å². The summed E-state index contributed by atoms with van der Waals surface area (Å²) in [7, 11) is 0. The molecule has 6 nitrogen and oxygen atoms in total. The minimum absolute atomic E-state index is 0.0637. The van der Waals surface area contributed by atoms with Crippen LogP contribution in [0.5, 0.6) is 0 Å². The van der Waals surface area contributed by atoms with Gasteiger partial charge in [-0.05, 0) is 31.1 Å². The lowest BCUT2D eigenvalue weighted by atomic mass is 10.0. The lowest BCUT2D eigenvalue weighted by molar-refractivity contribution is -0.167. The second kappa shape index (κ2) is 45.9. The molecule has 0 rings (SSSR count). The molecule has 0 fully saturated rings. The topological polar surface area (TPSA) is 78.9 Å². The quantitative estimate of drug-likeness (QED) is 0.0345. The van der Waals surface area contributed by atoms with Gasteiger partial charge >= 0.3 is 17.9 Å². The van der Waals surface area contributed by atoms with Crippen molar-refractivity contribution in [3.63, 3.8) is 0 Å². The van der Waals surface area contributed by atoms with Crippen LogP contribution in [0.25, 0.3) is 0 Å². The van der Waals surface area contributed by atoms with E-state index in [0.29, 0.717) is 19.3 Å². The third-order valence-electron chi connectivity index (χ3n) is 12.0. The first-order valence-corrected chi connectivity index (χ1v) is 26.2. The molecule has 0 N–H and O–H groups in total. The molecule has 0 radical (unpaired) electrons.